The molecule has 0 spiro atoms. The number of thiophene rings is 1. The van der Waals surface area contributed by atoms with Crippen LogP contribution in [0.1, 0.15) is 30.9 Å². The first-order chi connectivity index (χ1) is 11.2. The van der Waals surface area contributed by atoms with E-state index in [2.05, 4.69) is 21.3 Å². The zero-order valence-corrected chi connectivity index (χ0v) is 13.8. The Kier molecular flexibility index (Phi) is 5.12. The van der Waals surface area contributed by atoms with Crippen LogP contribution in [-0.2, 0) is 9.59 Å². The number of hydrogen-bond donors (Lipinski definition) is 1. The zero-order valence-electron chi connectivity index (χ0n) is 13.0. The molecule has 1 N–H and O–H groups in total. The lowest BCUT2D eigenvalue weighted by atomic mass is 10.1. The molecule has 1 atom stereocenters. The minimum absolute atomic E-state index is 0.0153. The molecule has 5 nitrogen and oxygen atoms in total. The molecule has 0 radical (unpaired) electrons. The third kappa shape index (κ3) is 4.01. The molecular formula is C17H21N3O2S. The molecule has 0 aromatic carbocycles. The van der Waals surface area contributed by atoms with Gasteiger partial charge in [0.2, 0.25) is 11.8 Å². The summed E-state index contributed by atoms with van der Waals surface area (Å²) in [6.07, 6.45) is 5.94. The van der Waals surface area contributed by atoms with Gasteiger partial charge in [-0.05, 0) is 40.9 Å². The van der Waals surface area contributed by atoms with E-state index in [9.17, 15) is 9.59 Å². The van der Waals surface area contributed by atoms with Crippen molar-refractivity contribution in [3.05, 3.63) is 46.9 Å². The van der Waals surface area contributed by atoms with Crippen LogP contribution < -0.4 is 5.32 Å². The molecule has 1 saturated heterocycles. The lowest BCUT2D eigenvalue weighted by Gasteiger charge is -2.19. The van der Waals surface area contributed by atoms with E-state index in [1.165, 1.54) is 0 Å². The lowest BCUT2D eigenvalue weighted by Crippen LogP contribution is -2.36. The van der Waals surface area contributed by atoms with Crippen LogP contribution in [0, 0.1) is 0 Å². The highest BCUT2D eigenvalue weighted by atomic mass is 32.1. The van der Waals surface area contributed by atoms with Crippen LogP contribution in [0.5, 0.6) is 0 Å². The van der Waals surface area contributed by atoms with E-state index < -0.39 is 0 Å². The second-order valence-corrected chi connectivity index (χ2v) is 6.52. The molecule has 1 fully saturated rings. The summed E-state index contributed by atoms with van der Waals surface area (Å²) >= 11 is 1.64. The molecule has 1 aliphatic heterocycles. The van der Waals surface area contributed by atoms with Crippen molar-refractivity contribution >= 4 is 23.2 Å². The molecule has 0 unspecified atom stereocenters. The third-order valence-corrected chi connectivity index (χ3v) is 4.87. The van der Waals surface area contributed by atoms with E-state index in [1.807, 2.05) is 34.8 Å². The quantitative estimate of drug-likeness (QED) is 0.846. The summed E-state index contributed by atoms with van der Waals surface area (Å²) in [5, 5.41) is 7.06. The summed E-state index contributed by atoms with van der Waals surface area (Å²) in [6.45, 7) is 1.94. The van der Waals surface area contributed by atoms with Gasteiger partial charge in [-0.15, -0.1) is 0 Å². The monoisotopic (exact) mass is 331 g/mol. The number of nitrogens with one attached hydrogen (secondary N) is 1. The molecule has 0 bridgehead atoms. The predicted molar refractivity (Wildman–Crippen MR) is 90.3 cm³/mol. The number of rotatable bonds is 7. The van der Waals surface area contributed by atoms with E-state index in [-0.39, 0.29) is 17.9 Å². The second kappa shape index (κ2) is 7.46. The number of nitrogens with zero attached hydrogens (tertiary/aromatic N) is 2. The van der Waals surface area contributed by atoms with Crippen LogP contribution in [0.3, 0.4) is 0 Å². The first kappa shape index (κ1) is 15.8. The lowest BCUT2D eigenvalue weighted by molar-refractivity contribution is -0.128. The number of likely N-dealkylation sites (tertiary alicyclic amines) is 1. The fourth-order valence-electron chi connectivity index (χ4n) is 2.93. The first-order valence-electron chi connectivity index (χ1n) is 7.93. The van der Waals surface area contributed by atoms with Crippen molar-refractivity contribution in [2.75, 3.05) is 19.6 Å². The molecule has 2 aromatic rings. The number of amides is 2. The molecule has 3 rings (SSSR count). The maximum Gasteiger partial charge on any atom is 0.222 e. The average molecular weight is 331 g/mol. The van der Waals surface area contributed by atoms with Gasteiger partial charge >= 0.3 is 0 Å². The fourth-order valence-corrected chi connectivity index (χ4v) is 3.64. The highest BCUT2D eigenvalue weighted by molar-refractivity contribution is 7.08. The number of hydrogen-bond acceptors (Lipinski definition) is 3. The van der Waals surface area contributed by atoms with E-state index in [0.717, 1.165) is 18.5 Å². The summed E-state index contributed by atoms with van der Waals surface area (Å²) in [5.74, 6) is 0.212. The van der Waals surface area contributed by atoms with Gasteiger partial charge in [0, 0.05) is 38.4 Å². The minimum atomic E-state index is 0.0153. The molecule has 0 saturated carbocycles. The smallest absolute Gasteiger partial charge is 0.222 e. The molecule has 3 heterocycles. The van der Waals surface area contributed by atoms with Crippen LogP contribution in [0.15, 0.2) is 41.4 Å². The van der Waals surface area contributed by atoms with Crippen molar-refractivity contribution in [1.29, 1.82) is 0 Å². The zero-order chi connectivity index (χ0) is 16.1. The Hall–Kier alpha value is -2.08. The van der Waals surface area contributed by atoms with Gasteiger partial charge in [-0.2, -0.15) is 11.3 Å². The molecule has 2 aromatic heterocycles. The normalized spacial score (nSPS) is 15.8. The second-order valence-electron chi connectivity index (χ2n) is 5.74. The average Bonchev–Trinajstić information content (AvgIpc) is 3.28. The van der Waals surface area contributed by atoms with Gasteiger partial charge in [0.1, 0.15) is 0 Å². The molecule has 1 aliphatic rings. The minimum Gasteiger partial charge on any atom is -0.354 e. The predicted octanol–water partition coefficient (Wildman–Crippen LogP) is 2.27. The Morgan fingerprint density at radius 1 is 1.35 bits per heavy atom. The standard InChI is InChI=1S/C17H21N3O2S/c21-16(18-6-10-20-9-3-4-17(20)22)12-15(14-5-11-23-13-14)19-7-1-2-8-19/h1-2,5,7-8,11,13,15H,3-4,6,9-10,12H2,(H,18,21)/t15-/m0/s1. The van der Waals surface area contributed by atoms with E-state index >= 15 is 0 Å². The van der Waals surface area contributed by atoms with E-state index in [1.54, 1.807) is 11.3 Å². The maximum absolute atomic E-state index is 12.3. The number of carbonyl (C=O) groups is 2. The van der Waals surface area contributed by atoms with Crippen molar-refractivity contribution < 1.29 is 9.59 Å². The van der Waals surface area contributed by atoms with Gasteiger partial charge in [-0.3, -0.25) is 9.59 Å². The van der Waals surface area contributed by atoms with E-state index in [0.29, 0.717) is 25.9 Å². The van der Waals surface area contributed by atoms with Gasteiger partial charge in [-0.1, -0.05) is 0 Å². The SMILES string of the molecule is O=C(C[C@@H](c1ccsc1)n1cccc1)NCCN1CCCC1=O. The summed E-state index contributed by atoms with van der Waals surface area (Å²) in [4.78, 5) is 25.6. The number of aromatic nitrogens is 1. The molecule has 6 heteroatoms. The van der Waals surface area contributed by atoms with Gasteiger partial charge in [0.05, 0.1) is 12.5 Å². The van der Waals surface area contributed by atoms with Gasteiger partial charge in [-0.25, -0.2) is 0 Å². The summed E-state index contributed by atoms with van der Waals surface area (Å²) < 4.78 is 2.06. The molecular weight excluding hydrogens is 310 g/mol. The Bertz CT molecular complexity index is 603. The first-order valence-corrected chi connectivity index (χ1v) is 8.87. The van der Waals surface area contributed by atoms with Gasteiger partial charge < -0.3 is 14.8 Å². The largest absolute Gasteiger partial charge is 0.354 e. The van der Waals surface area contributed by atoms with E-state index in [4.69, 9.17) is 0 Å². The van der Waals surface area contributed by atoms with Crippen molar-refractivity contribution in [2.45, 2.75) is 25.3 Å². The van der Waals surface area contributed by atoms with Gasteiger partial charge in [0.15, 0.2) is 0 Å². The summed E-state index contributed by atoms with van der Waals surface area (Å²) in [6, 6.07) is 6.02. The summed E-state index contributed by atoms with van der Waals surface area (Å²) in [7, 11) is 0. The summed E-state index contributed by atoms with van der Waals surface area (Å²) in [5.41, 5.74) is 1.15. The van der Waals surface area contributed by atoms with Crippen LogP contribution in [0.2, 0.25) is 0 Å². The Labute approximate surface area is 139 Å². The fraction of sp³-hybridized carbons (Fsp3) is 0.412. The third-order valence-electron chi connectivity index (χ3n) is 4.17. The van der Waals surface area contributed by atoms with Crippen molar-refractivity contribution in [3.8, 4) is 0 Å². The van der Waals surface area contributed by atoms with Crippen LogP contribution >= 0.6 is 11.3 Å². The van der Waals surface area contributed by atoms with Crippen molar-refractivity contribution in [1.82, 2.24) is 14.8 Å². The Morgan fingerprint density at radius 2 is 2.17 bits per heavy atom. The highest BCUT2D eigenvalue weighted by Crippen LogP contribution is 2.24. The highest BCUT2D eigenvalue weighted by Gasteiger charge is 2.20. The molecule has 122 valence electrons. The van der Waals surface area contributed by atoms with Gasteiger partial charge in [0.25, 0.3) is 0 Å². The Morgan fingerprint density at radius 3 is 2.83 bits per heavy atom. The Balaban J connectivity index is 1.53. The van der Waals surface area contributed by atoms with Crippen molar-refractivity contribution in [3.63, 3.8) is 0 Å². The molecule has 23 heavy (non-hydrogen) atoms. The van der Waals surface area contributed by atoms with Crippen LogP contribution in [0.4, 0.5) is 0 Å². The topological polar surface area (TPSA) is 54.3 Å². The number of carbonyl (C=O) groups excluding carboxylic acids is 2. The molecule has 2 amide bonds. The maximum atomic E-state index is 12.3. The van der Waals surface area contributed by atoms with Crippen LogP contribution in [0.25, 0.3) is 0 Å². The molecule has 0 aliphatic carbocycles. The van der Waals surface area contributed by atoms with Crippen molar-refractivity contribution in [2.24, 2.45) is 0 Å². The van der Waals surface area contributed by atoms with Crippen LogP contribution in [-0.4, -0.2) is 40.9 Å².